The van der Waals surface area contributed by atoms with E-state index < -0.39 is 0 Å². The molecule has 0 aliphatic carbocycles. The molecule has 8 heteroatoms. The molecule has 2 aromatic carbocycles. The van der Waals surface area contributed by atoms with Crippen LogP contribution in [0.1, 0.15) is 78.1 Å². The van der Waals surface area contributed by atoms with Crippen molar-refractivity contribution in [1.29, 1.82) is 0 Å². The molecule has 188 valence electrons. The Labute approximate surface area is 223 Å². The number of rotatable bonds is 12. The van der Waals surface area contributed by atoms with E-state index in [4.69, 9.17) is 46.4 Å². The normalized spacial score (nSPS) is 10.3. The Hall–Kier alpha value is -1.46. The maximum Gasteiger partial charge on any atom is 0.224 e. The van der Waals surface area contributed by atoms with Crippen LogP contribution in [0.25, 0.3) is 0 Å². The summed E-state index contributed by atoms with van der Waals surface area (Å²) in [6.45, 7) is 4.29. The van der Waals surface area contributed by atoms with E-state index in [1.54, 1.807) is 36.4 Å². The SMILES string of the molecule is CCCCCC(=O)Nc1ccc(Cl)c(Cl)c1.CCCCCCCC(=O)Nc1ccc(Cl)c(Cl)c1. The molecule has 0 spiro atoms. The Kier molecular flexibility index (Phi) is 16.1. The minimum atomic E-state index is 0.0202. The Morgan fingerprint density at radius 3 is 1.38 bits per heavy atom. The first-order valence-electron chi connectivity index (χ1n) is 11.8. The van der Waals surface area contributed by atoms with Gasteiger partial charge in [0.05, 0.1) is 20.1 Å². The number of carbonyl (C=O) groups excluding carboxylic acids is 2. The molecule has 34 heavy (non-hydrogen) atoms. The fourth-order valence-electron chi connectivity index (χ4n) is 3.02. The van der Waals surface area contributed by atoms with Crippen LogP contribution in [0.4, 0.5) is 11.4 Å². The van der Waals surface area contributed by atoms with Crippen LogP contribution in [0.3, 0.4) is 0 Å². The molecule has 0 saturated heterocycles. The van der Waals surface area contributed by atoms with Gasteiger partial charge >= 0.3 is 0 Å². The van der Waals surface area contributed by atoms with E-state index >= 15 is 0 Å². The Morgan fingerprint density at radius 2 is 0.971 bits per heavy atom. The van der Waals surface area contributed by atoms with Crippen LogP contribution >= 0.6 is 46.4 Å². The summed E-state index contributed by atoms with van der Waals surface area (Å²) in [5.74, 6) is 0.0525. The maximum atomic E-state index is 11.7. The first-order chi connectivity index (χ1) is 16.3. The summed E-state index contributed by atoms with van der Waals surface area (Å²) in [5.41, 5.74) is 1.39. The van der Waals surface area contributed by atoms with Gasteiger partial charge in [0.2, 0.25) is 11.8 Å². The Morgan fingerprint density at radius 1 is 0.588 bits per heavy atom. The Bertz CT molecular complexity index is 906. The van der Waals surface area contributed by atoms with Gasteiger partial charge < -0.3 is 10.6 Å². The van der Waals surface area contributed by atoms with E-state index in [1.807, 2.05) is 0 Å². The smallest absolute Gasteiger partial charge is 0.224 e. The molecule has 0 aromatic heterocycles. The van der Waals surface area contributed by atoms with Crippen molar-refractivity contribution in [3.8, 4) is 0 Å². The lowest BCUT2D eigenvalue weighted by Crippen LogP contribution is -2.10. The minimum absolute atomic E-state index is 0.0202. The molecular formula is C26H34Cl4N2O2. The molecule has 0 aliphatic rings. The third-order valence-corrected chi connectivity index (χ3v) is 6.40. The van der Waals surface area contributed by atoms with Gasteiger partial charge in [0.25, 0.3) is 0 Å². The predicted octanol–water partition coefficient (Wildman–Crippen LogP) is 9.80. The van der Waals surface area contributed by atoms with Crippen molar-refractivity contribution in [2.24, 2.45) is 0 Å². The minimum Gasteiger partial charge on any atom is -0.326 e. The molecule has 2 N–H and O–H groups in total. The molecular weight excluding hydrogens is 514 g/mol. The molecule has 0 fully saturated rings. The monoisotopic (exact) mass is 546 g/mol. The van der Waals surface area contributed by atoms with Crippen molar-refractivity contribution in [2.45, 2.75) is 78.1 Å². The highest BCUT2D eigenvalue weighted by Crippen LogP contribution is 2.26. The molecule has 0 atom stereocenters. The number of amides is 2. The number of benzene rings is 2. The average Bonchev–Trinajstić information content (AvgIpc) is 2.79. The number of hydrogen-bond acceptors (Lipinski definition) is 2. The van der Waals surface area contributed by atoms with Crippen LogP contribution < -0.4 is 10.6 Å². The summed E-state index contributed by atoms with van der Waals surface area (Å²) in [5, 5.41) is 7.50. The van der Waals surface area contributed by atoms with Gasteiger partial charge in [-0.05, 0) is 49.2 Å². The van der Waals surface area contributed by atoms with Crippen LogP contribution in [0.15, 0.2) is 36.4 Å². The average molecular weight is 548 g/mol. The van der Waals surface area contributed by atoms with E-state index in [0.717, 1.165) is 32.1 Å². The molecule has 0 unspecified atom stereocenters. The number of unbranched alkanes of at least 4 members (excludes halogenated alkanes) is 6. The zero-order chi connectivity index (χ0) is 25.3. The second-order valence-corrected chi connectivity index (χ2v) is 9.60. The van der Waals surface area contributed by atoms with Gasteiger partial charge in [-0.15, -0.1) is 0 Å². The van der Waals surface area contributed by atoms with Crippen molar-refractivity contribution in [3.63, 3.8) is 0 Å². The summed E-state index contributed by atoms with van der Waals surface area (Å²) >= 11 is 23.3. The summed E-state index contributed by atoms with van der Waals surface area (Å²) in [4.78, 5) is 23.2. The van der Waals surface area contributed by atoms with Gasteiger partial charge in [-0.2, -0.15) is 0 Å². The maximum absolute atomic E-state index is 11.7. The number of carbonyl (C=O) groups is 2. The van der Waals surface area contributed by atoms with Crippen LogP contribution in [-0.4, -0.2) is 11.8 Å². The Balaban J connectivity index is 0.000000342. The zero-order valence-electron chi connectivity index (χ0n) is 19.9. The second-order valence-electron chi connectivity index (χ2n) is 7.98. The van der Waals surface area contributed by atoms with Crippen LogP contribution in [0.2, 0.25) is 20.1 Å². The molecule has 0 heterocycles. The van der Waals surface area contributed by atoms with Gasteiger partial charge in [0, 0.05) is 24.2 Å². The highest BCUT2D eigenvalue weighted by Gasteiger charge is 2.05. The molecule has 2 rings (SSSR count). The lowest BCUT2D eigenvalue weighted by Gasteiger charge is -2.06. The van der Waals surface area contributed by atoms with Gasteiger partial charge in [0.1, 0.15) is 0 Å². The molecule has 0 aliphatic heterocycles. The van der Waals surface area contributed by atoms with Crippen LogP contribution in [0.5, 0.6) is 0 Å². The molecule has 0 radical (unpaired) electrons. The quantitative estimate of drug-likeness (QED) is 0.260. The molecule has 0 bridgehead atoms. The summed E-state index contributed by atoms with van der Waals surface area (Å²) in [6.07, 6.45) is 9.94. The first kappa shape index (κ1) is 30.6. The number of hydrogen-bond donors (Lipinski definition) is 2. The van der Waals surface area contributed by atoms with E-state index in [-0.39, 0.29) is 11.8 Å². The number of nitrogens with one attached hydrogen (secondary N) is 2. The summed E-state index contributed by atoms with van der Waals surface area (Å²) in [6, 6.07) is 10.2. The van der Waals surface area contributed by atoms with Gasteiger partial charge in [-0.1, -0.05) is 98.8 Å². The fourth-order valence-corrected chi connectivity index (χ4v) is 3.62. The molecule has 2 amide bonds. The topological polar surface area (TPSA) is 58.2 Å². The van der Waals surface area contributed by atoms with Gasteiger partial charge in [0.15, 0.2) is 0 Å². The van der Waals surface area contributed by atoms with Crippen molar-refractivity contribution in [1.82, 2.24) is 0 Å². The first-order valence-corrected chi connectivity index (χ1v) is 13.3. The highest BCUT2D eigenvalue weighted by atomic mass is 35.5. The van der Waals surface area contributed by atoms with E-state index in [9.17, 15) is 9.59 Å². The summed E-state index contributed by atoms with van der Waals surface area (Å²) in [7, 11) is 0. The predicted molar refractivity (Wildman–Crippen MR) is 148 cm³/mol. The van der Waals surface area contributed by atoms with Gasteiger partial charge in [-0.3, -0.25) is 9.59 Å². The molecule has 0 saturated carbocycles. The van der Waals surface area contributed by atoms with Gasteiger partial charge in [-0.25, -0.2) is 0 Å². The fraction of sp³-hybridized carbons (Fsp3) is 0.462. The summed E-state index contributed by atoms with van der Waals surface area (Å²) < 4.78 is 0. The molecule has 4 nitrogen and oxygen atoms in total. The largest absolute Gasteiger partial charge is 0.326 e. The van der Waals surface area contributed by atoms with Crippen molar-refractivity contribution in [3.05, 3.63) is 56.5 Å². The third kappa shape index (κ3) is 13.4. The highest BCUT2D eigenvalue weighted by molar-refractivity contribution is 6.42. The lowest BCUT2D eigenvalue weighted by molar-refractivity contribution is -0.117. The zero-order valence-corrected chi connectivity index (χ0v) is 22.9. The van der Waals surface area contributed by atoms with E-state index in [1.165, 1.54) is 19.3 Å². The van der Waals surface area contributed by atoms with Crippen molar-refractivity contribution >= 4 is 69.6 Å². The van der Waals surface area contributed by atoms with Crippen molar-refractivity contribution in [2.75, 3.05) is 10.6 Å². The second kappa shape index (κ2) is 17.9. The standard InChI is InChI=1S/C14H19Cl2NO.C12H15Cl2NO/c1-2-3-4-5-6-7-14(18)17-11-8-9-12(15)13(16)10-11;1-2-3-4-5-12(16)15-9-6-7-10(13)11(14)8-9/h8-10H,2-7H2,1H3,(H,17,18);6-8H,2-5H2,1H3,(H,15,16). The number of anilines is 2. The lowest BCUT2D eigenvalue weighted by atomic mass is 10.1. The number of halogens is 4. The van der Waals surface area contributed by atoms with E-state index in [0.29, 0.717) is 44.3 Å². The van der Waals surface area contributed by atoms with Crippen molar-refractivity contribution < 1.29 is 9.59 Å². The van der Waals surface area contributed by atoms with Crippen LogP contribution in [-0.2, 0) is 9.59 Å². The van der Waals surface area contributed by atoms with Crippen LogP contribution in [0, 0.1) is 0 Å². The van der Waals surface area contributed by atoms with E-state index in [2.05, 4.69) is 24.5 Å². The molecule has 2 aromatic rings. The third-order valence-electron chi connectivity index (χ3n) is 4.92.